The maximum atomic E-state index is 13.0. The molecule has 0 unspecified atom stereocenters. The van der Waals surface area contributed by atoms with Crippen molar-refractivity contribution in [3.05, 3.63) is 69.8 Å². The molecule has 1 amide bonds. The van der Waals surface area contributed by atoms with Crippen LogP contribution in [0.1, 0.15) is 38.2 Å². The monoisotopic (exact) mass is 447 g/mol. The van der Waals surface area contributed by atoms with Crippen molar-refractivity contribution in [2.24, 2.45) is 0 Å². The Balaban J connectivity index is 2.38. The molecule has 2 rings (SSSR count). The number of ether oxygens (including phenoxy) is 1. The Morgan fingerprint density at radius 1 is 0.903 bits per heavy atom. The van der Waals surface area contributed by atoms with E-state index in [-0.39, 0.29) is 12.5 Å². The fraction of sp³-hybridized carbons (Fsp3) is 0.333. The first-order valence-electron chi connectivity index (χ1n) is 8.96. The van der Waals surface area contributed by atoms with Crippen LogP contribution in [0.15, 0.2) is 36.4 Å². The van der Waals surface area contributed by atoms with Gasteiger partial charge < -0.3 is 10.1 Å². The third kappa shape index (κ3) is 6.22. The molecule has 0 heterocycles. The molecule has 168 valence electrons. The number of esters is 1. The van der Waals surface area contributed by atoms with Gasteiger partial charge in [-0.25, -0.2) is 4.79 Å². The number of benzene rings is 2. The highest BCUT2D eigenvalue weighted by Crippen LogP contribution is 2.36. The van der Waals surface area contributed by atoms with E-state index in [0.29, 0.717) is 17.7 Å². The number of carbonyl (C=O) groups is 2. The summed E-state index contributed by atoms with van der Waals surface area (Å²) in [4.78, 5) is 24.6. The van der Waals surface area contributed by atoms with E-state index in [9.17, 15) is 35.9 Å². The average molecular weight is 447 g/mol. The maximum absolute atomic E-state index is 13.0. The summed E-state index contributed by atoms with van der Waals surface area (Å²) in [7, 11) is 1.05. The number of halogens is 6. The molecule has 0 aromatic heterocycles. The van der Waals surface area contributed by atoms with Crippen LogP contribution in [0.2, 0.25) is 0 Å². The van der Waals surface area contributed by atoms with Gasteiger partial charge in [0.25, 0.3) is 5.91 Å². The van der Waals surface area contributed by atoms with Crippen LogP contribution in [-0.4, -0.2) is 25.0 Å². The highest BCUT2D eigenvalue weighted by Gasteiger charge is 2.37. The maximum Gasteiger partial charge on any atom is 0.416 e. The van der Waals surface area contributed by atoms with Gasteiger partial charge in [0.1, 0.15) is 6.04 Å². The fourth-order valence-electron chi connectivity index (χ4n) is 2.83. The van der Waals surface area contributed by atoms with Crippen molar-refractivity contribution >= 4 is 11.9 Å². The molecule has 10 heteroatoms. The summed E-state index contributed by atoms with van der Waals surface area (Å²) in [6, 6.07) is 4.43. The van der Waals surface area contributed by atoms with Crippen LogP contribution in [0.4, 0.5) is 26.3 Å². The van der Waals surface area contributed by atoms with Crippen molar-refractivity contribution in [2.75, 3.05) is 7.11 Å². The summed E-state index contributed by atoms with van der Waals surface area (Å²) in [5, 5.41) is 2.18. The molecular formula is C21H19F6NO3. The topological polar surface area (TPSA) is 55.4 Å². The summed E-state index contributed by atoms with van der Waals surface area (Å²) >= 11 is 0. The zero-order valence-electron chi connectivity index (χ0n) is 16.7. The van der Waals surface area contributed by atoms with Crippen LogP contribution < -0.4 is 5.32 Å². The van der Waals surface area contributed by atoms with E-state index in [1.165, 1.54) is 0 Å². The van der Waals surface area contributed by atoms with E-state index in [4.69, 9.17) is 0 Å². The van der Waals surface area contributed by atoms with Gasteiger partial charge >= 0.3 is 18.3 Å². The zero-order valence-corrected chi connectivity index (χ0v) is 16.7. The van der Waals surface area contributed by atoms with Crippen LogP contribution in [-0.2, 0) is 28.3 Å². The van der Waals surface area contributed by atoms with Gasteiger partial charge in [0.05, 0.1) is 18.2 Å². The van der Waals surface area contributed by atoms with Crippen molar-refractivity contribution in [1.82, 2.24) is 5.32 Å². The Morgan fingerprint density at radius 2 is 1.45 bits per heavy atom. The molecule has 1 atom stereocenters. The van der Waals surface area contributed by atoms with E-state index >= 15 is 0 Å². The lowest BCUT2D eigenvalue weighted by molar-refractivity contribution is -0.144. The Kier molecular flexibility index (Phi) is 7.03. The van der Waals surface area contributed by atoms with Crippen molar-refractivity contribution in [3.63, 3.8) is 0 Å². The molecule has 0 aliphatic rings. The van der Waals surface area contributed by atoms with Crippen LogP contribution in [0, 0.1) is 13.8 Å². The molecule has 0 aliphatic carbocycles. The van der Waals surface area contributed by atoms with Crippen LogP contribution in [0.5, 0.6) is 0 Å². The van der Waals surface area contributed by atoms with Gasteiger partial charge in [-0.2, -0.15) is 26.3 Å². The Labute approximate surface area is 174 Å². The number of methoxy groups -OCH3 is 1. The standard InChI is InChI=1S/C21H19F6NO3/c1-11-4-5-13(6-12(11)2)7-17(19(30)31-3)28-18(29)14-8-15(20(22,23)24)10-16(9-14)21(25,26)27/h4-6,8-10,17H,7H2,1-3H3,(H,28,29)/t17-/m0/s1. The number of carbonyl (C=O) groups excluding carboxylic acids is 2. The van der Waals surface area contributed by atoms with Gasteiger partial charge in [0.15, 0.2) is 0 Å². The molecule has 0 spiro atoms. The van der Waals surface area contributed by atoms with Gasteiger partial charge in [0, 0.05) is 12.0 Å². The SMILES string of the molecule is COC(=O)[C@H](Cc1ccc(C)c(C)c1)NC(=O)c1cc(C(F)(F)F)cc(C(F)(F)F)c1. The lowest BCUT2D eigenvalue weighted by Gasteiger charge is -2.19. The second kappa shape index (κ2) is 8.99. The van der Waals surface area contributed by atoms with Gasteiger partial charge in [-0.15, -0.1) is 0 Å². The largest absolute Gasteiger partial charge is 0.467 e. The van der Waals surface area contributed by atoms with Gasteiger partial charge in [-0.3, -0.25) is 4.79 Å². The van der Waals surface area contributed by atoms with Crippen molar-refractivity contribution in [1.29, 1.82) is 0 Å². The Hall–Kier alpha value is -3.04. The summed E-state index contributed by atoms with van der Waals surface area (Å²) in [6.45, 7) is 3.69. The quantitative estimate of drug-likeness (QED) is 0.527. The lowest BCUT2D eigenvalue weighted by atomic mass is 10.00. The summed E-state index contributed by atoms with van der Waals surface area (Å²) < 4.78 is 82.8. The van der Waals surface area contributed by atoms with Gasteiger partial charge in [-0.1, -0.05) is 18.2 Å². The molecule has 0 saturated carbocycles. The molecule has 2 aromatic rings. The minimum Gasteiger partial charge on any atom is -0.467 e. The van der Waals surface area contributed by atoms with E-state index in [1.807, 2.05) is 13.8 Å². The zero-order chi connectivity index (χ0) is 23.6. The van der Waals surface area contributed by atoms with Crippen molar-refractivity contribution in [3.8, 4) is 0 Å². The number of aryl methyl sites for hydroxylation is 2. The molecule has 0 fully saturated rings. The highest BCUT2D eigenvalue weighted by atomic mass is 19.4. The van der Waals surface area contributed by atoms with Crippen molar-refractivity contribution < 1.29 is 40.7 Å². The summed E-state index contributed by atoms with van der Waals surface area (Å²) in [5.41, 5.74) is -1.63. The predicted molar refractivity (Wildman–Crippen MR) is 99.3 cm³/mol. The van der Waals surface area contributed by atoms with Crippen molar-refractivity contribution in [2.45, 2.75) is 38.7 Å². The molecule has 0 bridgehead atoms. The Morgan fingerprint density at radius 3 is 1.90 bits per heavy atom. The van der Waals surface area contributed by atoms with Crippen LogP contribution in [0.25, 0.3) is 0 Å². The smallest absolute Gasteiger partial charge is 0.416 e. The average Bonchev–Trinajstić information content (AvgIpc) is 2.67. The third-order valence-corrected chi connectivity index (χ3v) is 4.65. The minimum absolute atomic E-state index is 0.0649. The third-order valence-electron chi connectivity index (χ3n) is 4.65. The number of alkyl halides is 6. The molecule has 1 N–H and O–H groups in total. The second-order valence-electron chi connectivity index (χ2n) is 6.97. The highest BCUT2D eigenvalue weighted by molar-refractivity contribution is 5.97. The molecule has 0 radical (unpaired) electrons. The number of nitrogens with one attached hydrogen (secondary N) is 1. The lowest BCUT2D eigenvalue weighted by Crippen LogP contribution is -2.43. The summed E-state index contributed by atoms with van der Waals surface area (Å²) in [6.07, 6.45) is -10.3. The molecule has 31 heavy (non-hydrogen) atoms. The predicted octanol–water partition coefficient (Wildman–Crippen LogP) is 4.86. The fourth-order valence-corrected chi connectivity index (χ4v) is 2.83. The molecule has 2 aromatic carbocycles. The molecular weight excluding hydrogens is 428 g/mol. The molecule has 0 saturated heterocycles. The first-order valence-corrected chi connectivity index (χ1v) is 8.96. The van der Waals surface area contributed by atoms with E-state index in [2.05, 4.69) is 10.1 Å². The van der Waals surface area contributed by atoms with Crippen LogP contribution >= 0.6 is 0 Å². The number of amides is 1. The molecule has 0 aliphatic heterocycles. The second-order valence-corrected chi connectivity index (χ2v) is 6.97. The van der Waals surface area contributed by atoms with E-state index in [0.717, 1.165) is 18.2 Å². The normalized spacial score (nSPS) is 12.9. The van der Waals surface area contributed by atoms with E-state index in [1.54, 1.807) is 18.2 Å². The number of hydrogen-bond acceptors (Lipinski definition) is 3. The van der Waals surface area contributed by atoms with Gasteiger partial charge in [0.2, 0.25) is 0 Å². The summed E-state index contributed by atoms with van der Waals surface area (Å²) in [5.74, 6) is -2.16. The number of hydrogen-bond donors (Lipinski definition) is 1. The number of rotatable bonds is 5. The van der Waals surface area contributed by atoms with Crippen LogP contribution in [0.3, 0.4) is 0 Å². The first kappa shape index (κ1) is 24.2. The molecule has 4 nitrogen and oxygen atoms in total. The minimum atomic E-state index is -5.10. The first-order chi connectivity index (χ1) is 14.2. The Bertz CT molecular complexity index is 950. The van der Waals surface area contributed by atoms with Gasteiger partial charge in [-0.05, 0) is 48.7 Å². The van der Waals surface area contributed by atoms with E-state index < -0.39 is 47.0 Å².